The average Bonchev–Trinajstić information content (AvgIpc) is 2.44. The third-order valence-corrected chi connectivity index (χ3v) is 3.24. The zero-order valence-corrected chi connectivity index (χ0v) is 12.6. The second-order valence-corrected chi connectivity index (χ2v) is 5.20. The van der Waals surface area contributed by atoms with Crippen molar-refractivity contribution >= 4 is 22.5 Å². The van der Waals surface area contributed by atoms with Crippen LogP contribution in [0.5, 0.6) is 5.75 Å². The Balaban J connectivity index is 1.89. The summed E-state index contributed by atoms with van der Waals surface area (Å²) in [6, 6.07) is 11.6. The molecular formula is C16H14ClN3O. The lowest BCUT2D eigenvalue weighted by molar-refractivity contribution is 0.298. The second-order valence-electron chi connectivity index (χ2n) is 4.82. The third-order valence-electron chi connectivity index (χ3n) is 3.05. The second kappa shape index (κ2) is 5.66. The van der Waals surface area contributed by atoms with Gasteiger partial charge in [0.1, 0.15) is 23.0 Å². The van der Waals surface area contributed by atoms with Crippen LogP contribution in [0, 0.1) is 13.8 Å². The van der Waals surface area contributed by atoms with E-state index in [1.54, 1.807) is 6.07 Å². The van der Waals surface area contributed by atoms with Crippen LogP contribution in [0.25, 0.3) is 10.9 Å². The highest BCUT2D eigenvalue weighted by atomic mass is 35.5. The Kier molecular flexibility index (Phi) is 3.71. The van der Waals surface area contributed by atoms with Crippen LogP contribution in [-0.2, 0) is 6.61 Å². The minimum atomic E-state index is 0.260. The number of pyridine rings is 1. The molecule has 0 amide bonds. The van der Waals surface area contributed by atoms with Gasteiger partial charge in [-0.1, -0.05) is 29.8 Å². The van der Waals surface area contributed by atoms with Crippen LogP contribution in [0.4, 0.5) is 0 Å². The molecule has 0 aliphatic carbocycles. The average molecular weight is 300 g/mol. The van der Waals surface area contributed by atoms with E-state index in [4.69, 9.17) is 16.3 Å². The van der Waals surface area contributed by atoms with Gasteiger partial charge in [-0.3, -0.25) is 0 Å². The molecule has 0 bridgehead atoms. The normalized spacial score (nSPS) is 10.8. The summed E-state index contributed by atoms with van der Waals surface area (Å²) in [5.41, 5.74) is 2.62. The molecule has 4 nitrogen and oxygen atoms in total. The number of para-hydroxylation sites is 1. The van der Waals surface area contributed by atoms with E-state index in [0.29, 0.717) is 11.0 Å². The van der Waals surface area contributed by atoms with Crippen LogP contribution in [-0.4, -0.2) is 15.0 Å². The maximum atomic E-state index is 5.93. The molecule has 3 aromatic rings. The van der Waals surface area contributed by atoms with Gasteiger partial charge in [-0.2, -0.15) is 0 Å². The molecule has 0 fully saturated rings. The molecule has 5 heteroatoms. The van der Waals surface area contributed by atoms with Gasteiger partial charge < -0.3 is 4.74 Å². The van der Waals surface area contributed by atoms with E-state index in [2.05, 4.69) is 15.0 Å². The topological polar surface area (TPSA) is 47.9 Å². The van der Waals surface area contributed by atoms with Crippen molar-refractivity contribution in [2.24, 2.45) is 0 Å². The number of aryl methyl sites for hydroxylation is 2. The maximum Gasteiger partial charge on any atom is 0.167 e. The summed E-state index contributed by atoms with van der Waals surface area (Å²) >= 11 is 5.93. The van der Waals surface area contributed by atoms with Crippen molar-refractivity contribution in [3.05, 3.63) is 58.8 Å². The van der Waals surface area contributed by atoms with Crippen molar-refractivity contribution in [1.82, 2.24) is 15.0 Å². The standard InChI is InChI=1S/C16H14ClN3O/c1-10-6-7-12-4-3-5-13(16(12)19-10)21-9-15-18-11(2)8-14(17)20-15/h3-8H,9H2,1-2H3. The molecule has 21 heavy (non-hydrogen) atoms. The molecule has 0 saturated heterocycles. The summed E-state index contributed by atoms with van der Waals surface area (Å²) in [4.78, 5) is 13.0. The number of benzene rings is 1. The zero-order chi connectivity index (χ0) is 14.8. The number of nitrogens with zero attached hydrogens (tertiary/aromatic N) is 3. The molecule has 1 aromatic carbocycles. The summed E-state index contributed by atoms with van der Waals surface area (Å²) in [5.74, 6) is 1.28. The van der Waals surface area contributed by atoms with Crippen LogP contribution in [0.3, 0.4) is 0 Å². The van der Waals surface area contributed by atoms with E-state index in [-0.39, 0.29) is 6.61 Å². The summed E-state index contributed by atoms with van der Waals surface area (Å²) < 4.78 is 5.82. The van der Waals surface area contributed by atoms with E-state index < -0.39 is 0 Å². The van der Waals surface area contributed by atoms with Crippen molar-refractivity contribution in [2.45, 2.75) is 20.5 Å². The highest BCUT2D eigenvalue weighted by Crippen LogP contribution is 2.24. The smallest absolute Gasteiger partial charge is 0.167 e. The van der Waals surface area contributed by atoms with Gasteiger partial charge >= 0.3 is 0 Å². The Hall–Kier alpha value is -2.20. The number of aromatic nitrogens is 3. The minimum Gasteiger partial charge on any atom is -0.483 e. The molecular weight excluding hydrogens is 286 g/mol. The highest BCUT2D eigenvalue weighted by molar-refractivity contribution is 6.29. The molecule has 0 saturated carbocycles. The molecule has 106 valence electrons. The third kappa shape index (κ3) is 3.11. The first-order valence-corrected chi connectivity index (χ1v) is 6.99. The largest absolute Gasteiger partial charge is 0.483 e. The summed E-state index contributed by atoms with van der Waals surface area (Å²) in [6.07, 6.45) is 0. The van der Waals surface area contributed by atoms with E-state index in [0.717, 1.165) is 28.0 Å². The van der Waals surface area contributed by atoms with Crippen LogP contribution in [0.1, 0.15) is 17.2 Å². The molecule has 0 radical (unpaired) electrons. The van der Waals surface area contributed by atoms with Crippen molar-refractivity contribution < 1.29 is 4.74 Å². The summed E-state index contributed by atoms with van der Waals surface area (Å²) in [7, 11) is 0. The highest BCUT2D eigenvalue weighted by Gasteiger charge is 2.06. The zero-order valence-electron chi connectivity index (χ0n) is 11.8. The molecule has 0 spiro atoms. The summed E-state index contributed by atoms with van der Waals surface area (Å²) in [6.45, 7) is 4.09. The van der Waals surface area contributed by atoms with Gasteiger partial charge in [0, 0.05) is 16.8 Å². The number of fused-ring (bicyclic) bond motifs is 1. The van der Waals surface area contributed by atoms with E-state index in [1.165, 1.54) is 0 Å². The molecule has 0 unspecified atom stereocenters. The summed E-state index contributed by atoms with van der Waals surface area (Å²) in [5, 5.41) is 1.47. The van der Waals surface area contributed by atoms with Crippen LogP contribution in [0.15, 0.2) is 36.4 Å². The molecule has 3 rings (SSSR count). The molecule has 0 aliphatic heterocycles. The van der Waals surface area contributed by atoms with Gasteiger partial charge in [0.15, 0.2) is 5.82 Å². The fourth-order valence-electron chi connectivity index (χ4n) is 2.13. The molecule has 0 atom stereocenters. The van der Waals surface area contributed by atoms with Gasteiger partial charge in [-0.15, -0.1) is 0 Å². The van der Waals surface area contributed by atoms with Gasteiger partial charge in [0.25, 0.3) is 0 Å². The Morgan fingerprint density at radius 3 is 2.67 bits per heavy atom. The lowest BCUT2D eigenvalue weighted by Gasteiger charge is -2.09. The molecule has 2 heterocycles. The number of halogens is 1. The molecule has 0 N–H and O–H groups in total. The van der Waals surface area contributed by atoms with Gasteiger partial charge in [0.2, 0.25) is 0 Å². The van der Waals surface area contributed by atoms with Crippen molar-refractivity contribution in [3.63, 3.8) is 0 Å². The van der Waals surface area contributed by atoms with Gasteiger partial charge in [-0.25, -0.2) is 15.0 Å². The number of ether oxygens (including phenoxy) is 1. The Morgan fingerprint density at radius 1 is 1.00 bits per heavy atom. The first-order chi connectivity index (χ1) is 10.1. The van der Waals surface area contributed by atoms with E-state index >= 15 is 0 Å². The lowest BCUT2D eigenvalue weighted by Crippen LogP contribution is -2.03. The number of hydrogen-bond acceptors (Lipinski definition) is 4. The van der Waals surface area contributed by atoms with E-state index in [1.807, 2.05) is 44.2 Å². The predicted molar refractivity (Wildman–Crippen MR) is 82.6 cm³/mol. The van der Waals surface area contributed by atoms with Gasteiger partial charge in [0.05, 0.1) is 0 Å². The fraction of sp³-hybridized carbons (Fsp3) is 0.188. The first-order valence-electron chi connectivity index (χ1n) is 6.61. The monoisotopic (exact) mass is 299 g/mol. The van der Waals surface area contributed by atoms with Crippen LogP contribution < -0.4 is 4.74 Å². The Labute approximate surface area is 127 Å². The van der Waals surface area contributed by atoms with Crippen molar-refractivity contribution in [1.29, 1.82) is 0 Å². The van der Waals surface area contributed by atoms with Crippen LogP contribution >= 0.6 is 11.6 Å². The quantitative estimate of drug-likeness (QED) is 0.689. The predicted octanol–water partition coefficient (Wildman–Crippen LogP) is 3.87. The van der Waals surface area contributed by atoms with Crippen molar-refractivity contribution in [2.75, 3.05) is 0 Å². The van der Waals surface area contributed by atoms with Crippen LogP contribution in [0.2, 0.25) is 5.15 Å². The maximum absolute atomic E-state index is 5.93. The number of rotatable bonds is 3. The SMILES string of the molecule is Cc1cc(Cl)nc(COc2cccc3ccc(C)nc23)n1. The Morgan fingerprint density at radius 2 is 1.86 bits per heavy atom. The van der Waals surface area contributed by atoms with Gasteiger partial charge in [-0.05, 0) is 32.0 Å². The lowest BCUT2D eigenvalue weighted by atomic mass is 10.2. The van der Waals surface area contributed by atoms with E-state index in [9.17, 15) is 0 Å². The fourth-order valence-corrected chi connectivity index (χ4v) is 2.39. The Bertz CT molecular complexity index is 784. The minimum absolute atomic E-state index is 0.260. The molecule has 2 aromatic heterocycles. The first kappa shape index (κ1) is 13.8. The molecule has 0 aliphatic rings. The van der Waals surface area contributed by atoms with Crippen molar-refractivity contribution in [3.8, 4) is 5.75 Å². The number of hydrogen-bond donors (Lipinski definition) is 0.